The average molecular weight is 388 g/mol. The van der Waals surface area contributed by atoms with E-state index >= 15 is 0 Å². The Balaban J connectivity index is 1.69. The molecule has 146 valence electrons. The summed E-state index contributed by atoms with van der Waals surface area (Å²) in [6, 6.07) is 17.7. The fraction of sp³-hybridized carbons (Fsp3) is 0.227. The van der Waals surface area contributed by atoms with Crippen LogP contribution in [0.5, 0.6) is 17.4 Å². The number of H-pyrrole nitrogens is 1. The number of hydrogen-bond acceptors (Lipinski definition) is 6. The van der Waals surface area contributed by atoms with Gasteiger partial charge in [-0.25, -0.2) is 0 Å². The topological polar surface area (TPSA) is 104 Å². The first kappa shape index (κ1) is 18.6. The molecule has 29 heavy (non-hydrogen) atoms. The van der Waals surface area contributed by atoms with E-state index in [0.717, 1.165) is 22.4 Å². The van der Waals surface area contributed by atoms with Gasteiger partial charge in [-0.1, -0.05) is 36.4 Å². The summed E-state index contributed by atoms with van der Waals surface area (Å²) in [5.74, 6) is 0.273. The number of fused-ring (bicyclic) bond motifs is 1. The summed E-state index contributed by atoms with van der Waals surface area (Å²) in [7, 11) is 1.58. The number of methoxy groups -OCH3 is 1. The number of nitrogens with one attached hydrogen (secondary N) is 2. The molecule has 4 rings (SSSR count). The molecule has 1 aliphatic heterocycles. The summed E-state index contributed by atoms with van der Waals surface area (Å²) in [6.45, 7) is 2.30. The quantitative estimate of drug-likeness (QED) is 0.689. The first-order chi connectivity index (χ1) is 14.1. The first-order valence-corrected chi connectivity index (χ1v) is 9.17. The second kappa shape index (κ2) is 7.68. The third kappa shape index (κ3) is 3.41. The number of rotatable bonds is 5. The third-order valence-corrected chi connectivity index (χ3v) is 5.02. The maximum Gasteiger partial charge on any atom is 0.243 e. The van der Waals surface area contributed by atoms with Crippen LogP contribution in [0.25, 0.3) is 0 Å². The van der Waals surface area contributed by atoms with E-state index < -0.39 is 5.92 Å². The van der Waals surface area contributed by atoms with Gasteiger partial charge in [0.1, 0.15) is 12.5 Å². The Bertz CT molecular complexity index is 1090. The van der Waals surface area contributed by atoms with E-state index in [9.17, 15) is 5.26 Å². The van der Waals surface area contributed by atoms with Crippen LogP contribution in [0, 0.1) is 29.6 Å². The SMILES string of the molecule is COc1cc(C2c3c(n[nH]c3C)OC(=N)C2C#N)ccc1OCc1ccccc1. The lowest BCUT2D eigenvalue weighted by molar-refractivity contribution is 0.284. The number of aryl methyl sites for hydroxylation is 1. The van der Waals surface area contributed by atoms with Crippen LogP contribution in [0.3, 0.4) is 0 Å². The molecule has 7 heteroatoms. The van der Waals surface area contributed by atoms with Crippen molar-refractivity contribution >= 4 is 5.90 Å². The van der Waals surface area contributed by atoms with Gasteiger partial charge in [0.25, 0.3) is 0 Å². The van der Waals surface area contributed by atoms with Gasteiger partial charge >= 0.3 is 0 Å². The van der Waals surface area contributed by atoms with Crippen molar-refractivity contribution in [2.24, 2.45) is 5.92 Å². The molecule has 2 atom stereocenters. The molecule has 0 spiro atoms. The van der Waals surface area contributed by atoms with Crippen LogP contribution in [-0.4, -0.2) is 23.2 Å². The number of nitriles is 1. The predicted molar refractivity (Wildman–Crippen MR) is 106 cm³/mol. The molecule has 2 unspecified atom stereocenters. The monoisotopic (exact) mass is 388 g/mol. The second-order valence-electron chi connectivity index (χ2n) is 6.80. The van der Waals surface area contributed by atoms with E-state index in [0.29, 0.717) is 24.0 Å². The van der Waals surface area contributed by atoms with Gasteiger partial charge in [0.15, 0.2) is 11.5 Å². The van der Waals surface area contributed by atoms with Crippen LogP contribution in [0.2, 0.25) is 0 Å². The molecule has 2 heterocycles. The summed E-state index contributed by atoms with van der Waals surface area (Å²) in [6.07, 6.45) is 0. The van der Waals surface area contributed by atoms with Crippen molar-refractivity contribution in [3.05, 3.63) is 70.9 Å². The van der Waals surface area contributed by atoms with Crippen LogP contribution < -0.4 is 14.2 Å². The van der Waals surface area contributed by atoms with Gasteiger partial charge in [0.2, 0.25) is 11.8 Å². The number of nitrogens with zero attached hydrogens (tertiary/aromatic N) is 2. The molecule has 2 aromatic carbocycles. The van der Waals surface area contributed by atoms with Crippen molar-refractivity contribution in [1.82, 2.24) is 10.2 Å². The molecule has 3 aromatic rings. The normalized spacial score (nSPS) is 17.8. The summed E-state index contributed by atoms with van der Waals surface area (Å²) < 4.78 is 16.9. The largest absolute Gasteiger partial charge is 0.493 e. The highest BCUT2D eigenvalue weighted by molar-refractivity contribution is 5.84. The zero-order chi connectivity index (χ0) is 20.4. The first-order valence-electron chi connectivity index (χ1n) is 9.17. The highest BCUT2D eigenvalue weighted by atomic mass is 16.5. The third-order valence-electron chi connectivity index (χ3n) is 5.02. The van der Waals surface area contributed by atoms with Crippen molar-refractivity contribution in [3.8, 4) is 23.4 Å². The fourth-order valence-corrected chi connectivity index (χ4v) is 3.57. The smallest absolute Gasteiger partial charge is 0.243 e. The Morgan fingerprint density at radius 2 is 2.00 bits per heavy atom. The van der Waals surface area contributed by atoms with Crippen molar-refractivity contribution in [3.63, 3.8) is 0 Å². The minimum absolute atomic E-state index is 0.111. The maximum absolute atomic E-state index is 9.68. The molecular formula is C22H20N4O3. The van der Waals surface area contributed by atoms with Gasteiger partial charge in [-0.05, 0) is 30.2 Å². The highest BCUT2D eigenvalue weighted by Crippen LogP contribution is 2.44. The van der Waals surface area contributed by atoms with Crippen LogP contribution in [0.15, 0.2) is 48.5 Å². The standard InChI is InChI=1S/C22H20N4O3/c1-13-19-20(16(11-23)21(24)29-22(19)26-25-13)15-8-9-17(18(10-15)27-2)28-12-14-6-4-3-5-7-14/h3-10,16,20,24H,12H2,1-2H3,(H,25,26). The van der Waals surface area contributed by atoms with E-state index in [1.165, 1.54) is 0 Å². The van der Waals surface area contributed by atoms with Crippen molar-refractivity contribution in [1.29, 1.82) is 10.7 Å². The number of aromatic nitrogens is 2. The number of benzene rings is 2. The molecule has 2 N–H and O–H groups in total. The van der Waals surface area contributed by atoms with Crippen LogP contribution >= 0.6 is 0 Å². The lowest BCUT2D eigenvalue weighted by Crippen LogP contribution is -2.31. The molecule has 1 aromatic heterocycles. The van der Waals surface area contributed by atoms with Gasteiger partial charge in [-0.3, -0.25) is 10.5 Å². The van der Waals surface area contributed by atoms with Gasteiger partial charge in [-0.15, -0.1) is 5.10 Å². The zero-order valence-corrected chi connectivity index (χ0v) is 16.1. The lowest BCUT2D eigenvalue weighted by atomic mass is 9.79. The van der Waals surface area contributed by atoms with Gasteiger partial charge in [0, 0.05) is 17.2 Å². The molecule has 0 saturated carbocycles. The van der Waals surface area contributed by atoms with E-state index in [1.807, 2.05) is 55.5 Å². The summed E-state index contributed by atoms with van der Waals surface area (Å²) in [5, 5.41) is 24.8. The molecule has 0 amide bonds. The van der Waals surface area contributed by atoms with Crippen molar-refractivity contribution < 1.29 is 14.2 Å². The molecule has 0 bridgehead atoms. The molecule has 0 fully saturated rings. The maximum atomic E-state index is 9.68. The summed E-state index contributed by atoms with van der Waals surface area (Å²) in [5.41, 5.74) is 3.48. The number of hydrogen-bond donors (Lipinski definition) is 2. The van der Waals surface area contributed by atoms with Crippen LogP contribution in [-0.2, 0) is 6.61 Å². The van der Waals surface area contributed by atoms with Crippen LogP contribution in [0.1, 0.15) is 28.3 Å². The van der Waals surface area contributed by atoms with Gasteiger partial charge in [0.05, 0.1) is 13.2 Å². The Labute approximate surface area is 168 Å². The van der Waals surface area contributed by atoms with E-state index in [-0.39, 0.29) is 11.8 Å². The summed E-state index contributed by atoms with van der Waals surface area (Å²) >= 11 is 0. The molecule has 0 radical (unpaired) electrons. The predicted octanol–water partition coefficient (Wildman–Crippen LogP) is 3.95. The minimum Gasteiger partial charge on any atom is -0.493 e. The Kier molecular flexibility index (Phi) is 4.92. The lowest BCUT2D eigenvalue weighted by Gasteiger charge is -2.28. The molecule has 0 aliphatic carbocycles. The number of aromatic amines is 1. The Hall–Kier alpha value is -3.79. The fourth-order valence-electron chi connectivity index (χ4n) is 3.57. The van der Waals surface area contributed by atoms with Gasteiger partial charge in [-0.2, -0.15) is 5.26 Å². The van der Waals surface area contributed by atoms with Gasteiger partial charge < -0.3 is 14.2 Å². The van der Waals surface area contributed by atoms with Crippen molar-refractivity contribution in [2.45, 2.75) is 19.4 Å². The minimum atomic E-state index is -0.750. The summed E-state index contributed by atoms with van der Waals surface area (Å²) in [4.78, 5) is 0. The molecular weight excluding hydrogens is 368 g/mol. The van der Waals surface area contributed by atoms with Crippen molar-refractivity contribution in [2.75, 3.05) is 7.11 Å². The highest BCUT2D eigenvalue weighted by Gasteiger charge is 2.40. The van der Waals surface area contributed by atoms with E-state index in [4.69, 9.17) is 19.6 Å². The molecule has 0 saturated heterocycles. The Morgan fingerprint density at radius 1 is 1.21 bits per heavy atom. The average Bonchev–Trinajstić information content (AvgIpc) is 3.12. The van der Waals surface area contributed by atoms with E-state index in [2.05, 4.69) is 16.3 Å². The van der Waals surface area contributed by atoms with Crippen LogP contribution in [0.4, 0.5) is 0 Å². The second-order valence-corrected chi connectivity index (χ2v) is 6.80. The number of ether oxygens (including phenoxy) is 3. The molecule has 7 nitrogen and oxygen atoms in total. The zero-order valence-electron chi connectivity index (χ0n) is 16.1. The van der Waals surface area contributed by atoms with E-state index in [1.54, 1.807) is 7.11 Å². The molecule has 1 aliphatic rings. The Morgan fingerprint density at radius 3 is 2.72 bits per heavy atom.